The minimum absolute atomic E-state index is 0.186. The Labute approximate surface area is 127 Å². The number of methoxy groups -OCH3 is 1. The highest BCUT2D eigenvalue weighted by Gasteiger charge is 2.17. The number of ether oxygens (including phenoxy) is 2. The quantitative estimate of drug-likeness (QED) is 0.654. The van der Waals surface area contributed by atoms with Gasteiger partial charge in [0.25, 0.3) is 11.8 Å². The smallest absolute Gasteiger partial charge is 0.325 e. The first-order valence-corrected chi connectivity index (χ1v) is 6.44. The fourth-order valence-corrected chi connectivity index (χ4v) is 1.49. The van der Waals surface area contributed by atoms with Crippen molar-refractivity contribution in [3.63, 3.8) is 0 Å². The molecule has 8 nitrogen and oxygen atoms in total. The van der Waals surface area contributed by atoms with Gasteiger partial charge in [-0.2, -0.15) is 0 Å². The number of hydrogen-bond acceptors (Lipinski definition) is 5. The van der Waals surface area contributed by atoms with Gasteiger partial charge in [0.1, 0.15) is 6.04 Å². The molecule has 120 valence electrons. The van der Waals surface area contributed by atoms with E-state index in [1.165, 1.54) is 39.3 Å². The van der Waals surface area contributed by atoms with Gasteiger partial charge in [-0.15, -0.1) is 0 Å². The maximum atomic E-state index is 11.9. The van der Waals surface area contributed by atoms with Crippen LogP contribution in [-0.4, -0.2) is 49.7 Å². The second-order valence-corrected chi connectivity index (χ2v) is 4.36. The lowest BCUT2D eigenvalue weighted by molar-refractivity contribution is -0.138. The average Bonchev–Trinajstić information content (AvgIpc) is 2.51. The Morgan fingerprint density at radius 1 is 1.27 bits per heavy atom. The number of carbonyl (C=O) groups is 3. The Kier molecular flexibility index (Phi) is 6.18. The highest BCUT2D eigenvalue weighted by molar-refractivity contribution is 5.97. The number of amides is 2. The van der Waals surface area contributed by atoms with Crippen molar-refractivity contribution in [2.75, 3.05) is 20.8 Å². The molecule has 3 N–H and O–H groups in total. The number of carbonyl (C=O) groups excluding carboxylic acids is 2. The van der Waals surface area contributed by atoms with Crippen molar-refractivity contribution in [2.24, 2.45) is 0 Å². The maximum absolute atomic E-state index is 11.9. The third kappa shape index (κ3) is 4.65. The van der Waals surface area contributed by atoms with Gasteiger partial charge in [-0.25, -0.2) is 0 Å². The van der Waals surface area contributed by atoms with Gasteiger partial charge in [-0.3, -0.25) is 14.4 Å². The molecule has 0 saturated heterocycles. The number of likely N-dealkylation sites (N-methyl/N-ethyl adjacent to an activating group) is 1. The Balaban J connectivity index is 2.85. The van der Waals surface area contributed by atoms with Crippen molar-refractivity contribution in [1.29, 1.82) is 0 Å². The summed E-state index contributed by atoms with van der Waals surface area (Å²) < 4.78 is 10.4. The van der Waals surface area contributed by atoms with Gasteiger partial charge in [0.15, 0.2) is 18.1 Å². The van der Waals surface area contributed by atoms with E-state index in [0.717, 1.165) is 0 Å². The summed E-state index contributed by atoms with van der Waals surface area (Å²) in [5.41, 5.74) is 0.220. The third-order valence-corrected chi connectivity index (χ3v) is 2.78. The van der Waals surface area contributed by atoms with Crippen LogP contribution in [0.15, 0.2) is 18.2 Å². The van der Waals surface area contributed by atoms with Gasteiger partial charge in [0.2, 0.25) is 0 Å². The van der Waals surface area contributed by atoms with Crippen LogP contribution < -0.4 is 20.1 Å². The molecule has 0 aliphatic rings. The number of benzene rings is 1. The van der Waals surface area contributed by atoms with Gasteiger partial charge in [-0.1, -0.05) is 0 Å². The zero-order valence-corrected chi connectivity index (χ0v) is 12.5. The van der Waals surface area contributed by atoms with Gasteiger partial charge in [0, 0.05) is 12.6 Å². The summed E-state index contributed by atoms with van der Waals surface area (Å²) in [5, 5.41) is 13.5. The average molecular weight is 310 g/mol. The van der Waals surface area contributed by atoms with Gasteiger partial charge in [-0.05, 0) is 25.1 Å². The van der Waals surface area contributed by atoms with Gasteiger partial charge < -0.3 is 25.2 Å². The predicted octanol–water partition coefficient (Wildman–Crippen LogP) is 0.0229. The highest BCUT2D eigenvalue weighted by Crippen LogP contribution is 2.28. The van der Waals surface area contributed by atoms with E-state index in [0.29, 0.717) is 5.75 Å². The molecule has 0 aliphatic heterocycles. The summed E-state index contributed by atoms with van der Waals surface area (Å²) in [4.78, 5) is 33.8. The normalized spacial score (nSPS) is 11.2. The van der Waals surface area contributed by atoms with Crippen molar-refractivity contribution >= 4 is 17.8 Å². The number of hydrogen-bond donors (Lipinski definition) is 3. The molecule has 0 spiro atoms. The standard InChI is InChI=1S/C14H18N2O6/c1-8(14(19)20)16-13(18)9-4-5-10(11(6-9)21-3)22-7-12(17)15-2/h4-6,8H,7H2,1-3H3,(H,15,17)(H,16,18)(H,19,20)/t8-/m1/s1. The molecule has 0 radical (unpaired) electrons. The van der Waals surface area contributed by atoms with Crippen LogP contribution in [0, 0.1) is 0 Å². The van der Waals surface area contributed by atoms with Crippen LogP contribution in [0.2, 0.25) is 0 Å². The Hall–Kier alpha value is -2.77. The summed E-state index contributed by atoms with van der Waals surface area (Å²) >= 11 is 0. The monoisotopic (exact) mass is 310 g/mol. The molecule has 0 fully saturated rings. The zero-order chi connectivity index (χ0) is 16.7. The minimum atomic E-state index is -1.13. The number of carboxylic acid groups (broad SMARTS) is 1. The lowest BCUT2D eigenvalue weighted by Crippen LogP contribution is -2.38. The van der Waals surface area contributed by atoms with Crippen LogP contribution in [0.1, 0.15) is 17.3 Å². The van der Waals surface area contributed by atoms with Crippen LogP contribution in [0.4, 0.5) is 0 Å². The summed E-state index contributed by atoms with van der Waals surface area (Å²) in [6.07, 6.45) is 0. The van der Waals surface area contributed by atoms with E-state index in [2.05, 4.69) is 10.6 Å². The molecule has 1 aromatic carbocycles. The molecule has 0 aromatic heterocycles. The van der Waals surface area contributed by atoms with Crippen molar-refractivity contribution < 1.29 is 29.0 Å². The largest absolute Gasteiger partial charge is 0.493 e. The van der Waals surface area contributed by atoms with Gasteiger partial charge in [0.05, 0.1) is 7.11 Å². The Morgan fingerprint density at radius 3 is 2.50 bits per heavy atom. The predicted molar refractivity (Wildman–Crippen MR) is 77.1 cm³/mol. The zero-order valence-electron chi connectivity index (χ0n) is 12.5. The molecular weight excluding hydrogens is 292 g/mol. The molecule has 1 rings (SSSR count). The van der Waals surface area contributed by atoms with Crippen LogP contribution >= 0.6 is 0 Å². The number of carboxylic acids is 1. The summed E-state index contributed by atoms with van der Waals surface area (Å²) in [6, 6.07) is 3.32. The summed E-state index contributed by atoms with van der Waals surface area (Å²) in [6.45, 7) is 1.17. The van der Waals surface area contributed by atoms with Crippen molar-refractivity contribution in [3.8, 4) is 11.5 Å². The molecular formula is C14H18N2O6. The van der Waals surface area contributed by atoms with E-state index >= 15 is 0 Å². The third-order valence-electron chi connectivity index (χ3n) is 2.78. The maximum Gasteiger partial charge on any atom is 0.325 e. The molecule has 2 amide bonds. The molecule has 0 unspecified atom stereocenters. The van der Waals surface area contributed by atoms with Crippen LogP contribution in [0.25, 0.3) is 0 Å². The number of aliphatic carboxylic acids is 1. The molecule has 0 saturated carbocycles. The lowest BCUT2D eigenvalue weighted by Gasteiger charge is -2.13. The lowest BCUT2D eigenvalue weighted by atomic mass is 10.1. The SMILES string of the molecule is CNC(=O)COc1ccc(C(=O)N[C@H](C)C(=O)O)cc1OC. The fourth-order valence-electron chi connectivity index (χ4n) is 1.49. The topological polar surface area (TPSA) is 114 Å². The Bertz CT molecular complexity index is 572. The molecule has 0 bridgehead atoms. The minimum Gasteiger partial charge on any atom is -0.493 e. The van der Waals surface area contributed by atoms with Crippen LogP contribution in [0.5, 0.6) is 11.5 Å². The van der Waals surface area contributed by atoms with Crippen molar-refractivity contribution in [3.05, 3.63) is 23.8 Å². The summed E-state index contributed by atoms with van der Waals surface area (Å²) in [7, 11) is 2.88. The first-order chi connectivity index (χ1) is 10.4. The van der Waals surface area contributed by atoms with E-state index in [1.54, 1.807) is 0 Å². The van der Waals surface area contributed by atoms with E-state index in [4.69, 9.17) is 14.6 Å². The first kappa shape index (κ1) is 17.3. The second kappa shape index (κ2) is 7.87. The molecule has 8 heteroatoms. The second-order valence-electron chi connectivity index (χ2n) is 4.36. The summed E-state index contributed by atoms with van der Waals surface area (Å²) in [5.74, 6) is -1.43. The van der Waals surface area contributed by atoms with Crippen molar-refractivity contribution in [2.45, 2.75) is 13.0 Å². The molecule has 1 aromatic rings. The van der Waals surface area contributed by atoms with Crippen LogP contribution in [-0.2, 0) is 9.59 Å². The molecule has 22 heavy (non-hydrogen) atoms. The van der Waals surface area contributed by atoms with E-state index in [1.807, 2.05) is 0 Å². The number of rotatable bonds is 7. The highest BCUT2D eigenvalue weighted by atomic mass is 16.5. The molecule has 0 heterocycles. The van der Waals surface area contributed by atoms with E-state index < -0.39 is 17.9 Å². The van der Waals surface area contributed by atoms with E-state index in [9.17, 15) is 14.4 Å². The molecule has 0 aliphatic carbocycles. The Morgan fingerprint density at radius 2 is 1.95 bits per heavy atom. The van der Waals surface area contributed by atoms with E-state index in [-0.39, 0.29) is 23.8 Å². The first-order valence-electron chi connectivity index (χ1n) is 6.44. The van der Waals surface area contributed by atoms with Gasteiger partial charge >= 0.3 is 5.97 Å². The number of nitrogens with one attached hydrogen (secondary N) is 2. The molecule has 1 atom stereocenters. The fraction of sp³-hybridized carbons (Fsp3) is 0.357. The van der Waals surface area contributed by atoms with Crippen molar-refractivity contribution in [1.82, 2.24) is 10.6 Å². The van der Waals surface area contributed by atoms with Crippen LogP contribution in [0.3, 0.4) is 0 Å².